The first kappa shape index (κ1) is 13.6. The molecule has 2 rings (SSSR count). The first-order chi connectivity index (χ1) is 8.58. The molecule has 0 saturated heterocycles. The highest BCUT2D eigenvalue weighted by Crippen LogP contribution is 2.38. The van der Waals surface area contributed by atoms with Crippen LogP contribution in [-0.4, -0.2) is 5.78 Å². The van der Waals surface area contributed by atoms with Gasteiger partial charge in [0.2, 0.25) is 0 Å². The van der Waals surface area contributed by atoms with Crippen molar-refractivity contribution in [2.45, 2.75) is 57.8 Å². The summed E-state index contributed by atoms with van der Waals surface area (Å²) >= 11 is 6.41. The van der Waals surface area contributed by atoms with E-state index >= 15 is 0 Å². The van der Waals surface area contributed by atoms with Crippen molar-refractivity contribution in [3.05, 3.63) is 34.3 Å². The molecule has 1 nitrogen and oxygen atoms in total. The van der Waals surface area contributed by atoms with Gasteiger partial charge in [-0.3, -0.25) is 0 Å². The zero-order chi connectivity index (χ0) is 13.1. The lowest BCUT2D eigenvalue weighted by molar-refractivity contribution is -0.117. The fourth-order valence-electron chi connectivity index (χ4n) is 2.97. The van der Waals surface area contributed by atoms with Gasteiger partial charge in [-0.15, -0.1) is 0 Å². The lowest BCUT2D eigenvalue weighted by Crippen LogP contribution is -2.01. The maximum Gasteiger partial charge on any atom is 0.130 e. The Morgan fingerprint density at radius 1 is 1.39 bits per heavy atom. The highest BCUT2D eigenvalue weighted by Gasteiger charge is 2.20. The topological polar surface area (TPSA) is 17.1 Å². The Hall–Kier alpha value is -0.820. The summed E-state index contributed by atoms with van der Waals surface area (Å²) in [6, 6.07) is 6.38. The van der Waals surface area contributed by atoms with Crippen molar-refractivity contribution in [2.75, 3.05) is 0 Å². The van der Waals surface area contributed by atoms with Gasteiger partial charge in [0.25, 0.3) is 0 Å². The Balaban J connectivity index is 2.16. The van der Waals surface area contributed by atoms with Crippen LogP contribution in [-0.2, 0) is 4.79 Å². The lowest BCUT2D eigenvalue weighted by Gasteiger charge is -2.15. The van der Waals surface area contributed by atoms with Crippen molar-refractivity contribution in [3.63, 3.8) is 0 Å². The Morgan fingerprint density at radius 3 is 2.61 bits per heavy atom. The van der Waals surface area contributed by atoms with Crippen LogP contribution < -0.4 is 0 Å². The number of carbonyl (C=O) groups is 1. The van der Waals surface area contributed by atoms with E-state index in [9.17, 15) is 4.79 Å². The van der Waals surface area contributed by atoms with Gasteiger partial charge in [0, 0.05) is 11.4 Å². The second kappa shape index (κ2) is 5.88. The van der Waals surface area contributed by atoms with Gasteiger partial charge in [0.05, 0.1) is 0 Å². The van der Waals surface area contributed by atoms with E-state index in [-0.39, 0.29) is 11.7 Å². The standard InChI is InChI=1S/C16H21ClO/c1-11(9-12(2)18)14-7-8-15(16(17)10-14)13-5-3-4-6-13/h7-8,10-11,13H,3-6,9H2,1-2H3. The molecule has 18 heavy (non-hydrogen) atoms. The second-order valence-corrected chi connectivity index (χ2v) is 5.98. The third-order valence-electron chi connectivity index (χ3n) is 3.98. The van der Waals surface area contributed by atoms with Crippen molar-refractivity contribution >= 4 is 17.4 Å². The van der Waals surface area contributed by atoms with E-state index in [0.29, 0.717) is 12.3 Å². The zero-order valence-electron chi connectivity index (χ0n) is 11.2. The Morgan fingerprint density at radius 2 is 2.06 bits per heavy atom. The first-order valence-electron chi connectivity index (χ1n) is 6.86. The normalized spacial score (nSPS) is 17.9. The van der Waals surface area contributed by atoms with Crippen LogP contribution in [0.5, 0.6) is 0 Å². The fourth-order valence-corrected chi connectivity index (χ4v) is 3.31. The van der Waals surface area contributed by atoms with E-state index in [0.717, 1.165) is 5.02 Å². The molecule has 1 saturated carbocycles. The first-order valence-corrected chi connectivity index (χ1v) is 7.24. The largest absolute Gasteiger partial charge is 0.300 e. The molecule has 98 valence electrons. The molecule has 0 radical (unpaired) electrons. The quantitative estimate of drug-likeness (QED) is 0.741. The number of hydrogen-bond acceptors (Lipinski definition) is 1. The van der Waals surface area contributed by atoms with Crippen molar-refractivity contribution < 1.29 is 4.79 Å². The van der Waals surface area contributed by atoms with Gasteiger partial charge in [-0.1, -0.05) is 43.5 Å². The van der Waals surface area contributed by atoms with E-state index in [1.54, 1.807) is 6.92 Å². The SMILES string of the molecule is CC(=O)CC(C)c1ccc(C2CCCC2)c(Cl)c1. The van der Waals surface area contributed by atoms with E-state index < -0.39 is 0 Å². The maximum atomic E-state index is 11.2. The predicted octanol–water partition coefficient (Wildman–Crippen LogP) is 5.08. The van der Waals surface area contributed by atoms with E-state index in [4.69, 9.17) is 11.6 Å². The second-order valence-electron chi connectivity index (χ2n) is 5.57. The number of Topliss-reactive ketones (excluding diaryl/α,β-unsaturated/α-hetero) is 1. The third kappa shape index (κ3) is 3.14. The number of ketones is 1. The molecule has 2 heteroatoms. The third-order valence-corrected chi connectivity index (χ3v) is 4.31. The number of benzene rings is 1. The molecule has 0 heterocycles. The molecule has 1 atom stereocenters. The van der Waals surface area contributed by atoms with Gasteiger partial charge in [0.1, 0.15) is 5.78 Å². The Kier molecular flexibility index (Phi) is 4.45. The van der Waals surface area contributed by atoms with Crippen molar-refractivity contribution in [1.29, 1.82) is 0 Å². The Bertz CT molecular complexity index is 433. The minimum Gasteiger partial charge on any atom is -0.300 e. The summed E-state index contributed by atoms with van der Waals surface area (Å²) in [5.41, 5.74) is 2.48. The number of rotatable bonds is 4. The smallest absolute Gasteiger partial charge is 0.130 e. The molecule has 0 amide bonds. The fraction of sp³-hybridized carbons (Fsp3) is 0.562. The lowest BCUT2D eigenvalue weighted by atomic mass is 9.91. The number of halogens is 1. The summed E-state index contributed by atoms with van der Waals surface area (Å²) in [6.07, 6.45) is 5.77. The molecule has 0 spiro atoms. The molecule has 0 aromatic heterocycles. The molecular formula is C16H21ClO. The van der Waals surface area contributed by atoms with Crippen LogP contribution in [0.15, 0.2) is 18.2 Å². The molecule has 0 N–H and O–H groups in total. The number of carbonyl (C=O) groups excluding carboxylic acids is 1. The minimum atomic E-state index is 0.235. The van der Waals surface area contributed by atoms with Crippen LogP contribution in [0.1, 0.15) is 68.9 Å². The van der Waals surface area contributed by atoms with E-state index in [2.05, 4.69) is 25.1 Å². The van der Waals surface area contributed by atoms with Gasteiger partial charge in [0.15, 0.2) is 0 Å². The molecule has 1 aliphatic rings. The average molecular weight is 265 g/mol. The molecular weight excluding hydrogens is 244 g/mol. The molecule has 1 aromatic rings. The van der Waals surface area contributed by atoms with Crippen LogP contribution in [0.3, 0.4) is 0 Å². The van der Waals surface area contributed by atoms with Crippen molar-refractivity contribution in [3.8, 4) is 0 Å². The average Bonchev–Trinajstić information content (AvgIpc) is 2.81. The van der Waals surface area contributed by atoms with Gasteiger partial charge < -0.3 is 4.79 Å². The van der Waals surface area contributed by atoms with Crippen LogP contribution in [0.2, 0.25) is 5.02 Å². The van der Waals surface area contributed by atoms with E-state index in [1.165, 1.54) is 36.8 Å². The minimum absolute atomic E-state index is 0.235. The summed E-state index contributed by atoms with van der Waals surface area (Å²) in [4.78, 5) is 11.2. The van der Waals surface area contributed by atoms with Gasteiger partial charge in [-0.05, 0) is 48.8 Å². The summed E-state index contributed by atoms with van der Waals surface area (Å²) in [5, 5.41) is 0.884. The summed E-state index contributed by atoms with van der Waals surface area (Å²) < 4.78 is 0. The molecule has 0 aliphatic heterocycles. The molecule has 0 bridgehead atoms. The van der Waals surface area contributed by atoms with Gasteiger partial charge in [-0.2, -0.15) is 0 Å². The van der Waals surface area contributed by atoms with Crippen LogP contribution in [0.25, 0.3) is 0 Å². The zero-order valence-corrected chi connectivity index (χ0v) is 12.0. The van der Waals surface area contributed by atoms with Gasteiger partial charge >= 0.3 is 0 Å². The molecule has 1 aliphatic carbocycles. The maximum absolute atomic E-state index is 11.2. The monoisotopic (exact) mass is 264 g/mol. The van der Waals surface area contributed by atoms with Crippen LogP contribution >= 0.6 is 11.6 Å². The summed E-state index contributed by atoms with van der Waals surface area (Å²) in [6.45, 7) is 3.73. The summed E-state index contributed by atoms with van der Waals surface area (Å²) in [7, 11) is 0. The highest BCUT2D eigenvalue weighted by atomic mass is 35.5. The molecule has 1 fully saturated rings. The summed E-state index contributed by atoms with van der Waals surface area (Å²) in [5.74, 6) is 1.14. The highest BCUT2D eigenvalue weighted by molar-refractivity contribution is 6.31. The molecule has 1 aromatic carbocycles. The number of hydrogen-bond donors (Lipinski definition) is 0. The van der Waals surface area contributed by atoms with E-state index in [1.807, 2.05) is 0 Å². The van der Waals surface area contributed by atoms with Crippen LogP contribution in [0.4, 0.5) is 0 Å². The predicted molar refractivity (Wildman–Crippen MR) is 76.4 cm³/mol. The van der Waals surface area contributed by atoms with Crippen LogP contribution in [0, 0.1) is 0 Å². The Labute approximate surface area is 115 Å². The molecule has 1 unspecified atom stereocenters. The van der Waals surface area contributed by atoms with Crippen molar-refractivity contribution in [1.82, 2.24) is 0 Å². The van der Waals surface area contributed by atoms with Crippen molar-refractivity contribution in [2.24, 2.45) is 0 Å². The van der Waals surface area contributed by atoms with Gasteiger partial charge in [-0.25, -0.2) is 0 Å².